The van der Waals surface area contributed by atoms with Gasteiger partial charge in [0.1, 0.15) is 5.75 Å². The van der Waals surface area contributed by atoms with Gasteiger partial charge in [0, 0.05) is 17.1 Å². The molecule has 0 bridgehead atoms. The van der Waals surface area contributed by atoms with Gasteiger partial charge in [-0.15, -0.1) is 0 Å². The second-order valence-electron chi connectivity index (χ2n) is 6.30. The first-order chi connectivity index (χ1) is 9.54. The van der Waals surface area contributed by atoms with Gasteiger partial charge in [-0.2, -0.15) is 0 Å². The molecule has 1 aliphatic carbocycles. The van der Waals surface area contributed by atoms with Crippen LogP contribution < -0.4 is 10.1 Å². The lowest BCUT2D eigenvalue weighted by Gasteiger charge is -2.27. The highest BCUT2D eigenvalue weighted by Crippen LogP contribution is 2.29. The van der Waals surface area contributed by atoms with Crippen LogP contribution >= 0.6 is 15.9 Å². The third-order valence-corrected chi connectivity index (χ3v) is 4.68. The number of benzene rings is 1. The molecule has 0 heterocycles. The molecule has 0 amide bonds. The molecule has 2 unspecified atom stereocenters. The standard InChI is InChI=1S/C17H26BrNO/c1-12(2)19-11-14-10-16(7-8-17(14)18)20-15-6-4-5-13(3)9-15/h7-8,10,12-13,15,19H,4-6,9,11H2,1-3H3. The summed E-state index contributed by atoms with van der Waals surface area (Å²) in [5.74, 6) is 1.80. The van der Waals surface area contributed by atoms with E-state index in [1.807, 2.05) is 0 Å². The molecule has 1 aliphatic rings. The molecule has 2 atom stereocenters. The monoisotopic (exact) mass is 339 g/mol. The molecule has 0 saturated heterocycles. The lowest BCUT2D eigenvalue weighted by Crippen LogP contribution is -2.24. The highest BCUT2D eigenvalue weighted by molar-refractivity contribution is 9.10. The Morgan fingerprint density at radius 1 is 1.35 bits per heavy atom. The van der Waals surface area contributed by atoms with Gasteiger partial charge in [-0.25, -0.2) is 0 Å². The average Bonchev–Trinajstić information content (AvgIpc) is 2.39. The van der Waals surface area contributed by atoms with Gasteiger partial charge in [-0.3, -0.25) is 0 Å². The molecule has 1 N–H and O–H groups in total. The summed E-state index contributed by atoms with van der Waals surface area (Å²) in [7, 11) is 0. The van der Waals surface area contributed by atoms with Crippen molar-refractivity contribution in [3.8, 4) is 5.75 Å². The van der Waals surface area contributed by atoms with E-state index >= 15 is 0 Å². The van der Waals surface area contributed by atoms with E-state index in [2.05, 4.69) is 60.2 Å². The van der Waals surface area contributed by atoms with E-state index in [0.717, 1.165) is 22.7 Å². The fourth-order valence-corrected chi connectivity index (χ4v) is 3.14. The van der Waals surface area contributed by atoms with Crippen molar-refractivity contribution in [1.29, 1.82) is 0 Å². The topological polar surface area (TPSA) is 21.3 Å². The molecule has 1 aromatic carbocycles. The summed E-state index contributed by atoms with van der Waals surface area (Å²) >= 11 is 3.62. The van der Waals surface area contributed by atoms with Crippen LogP contribution in [0.2, 0.25) is 0 Å². The number of rotatable bonds is 5. The van der Waals surface area contributed by atoms with Crippen LogP contribution in [0, 0.1) is 5.92 Å². The predicted octanol–water partition coefficient (Wildman–Crippen LogP) is 4.90. The maximum Gasteiger partial charge on any atom is 0.120 e. The van der Waals surface area contributed by atoms with Crippen LogP contribution in [0.5, 0.6) is 5.75 Å². The molecule has 0 aliphatic heterocycles. The lowest BCUT2D eigenvalue weighted by molar-refractivity contribution is 0.129. The van der Waals surface area contributed by atoms with Crippen LogP contribution in [-0.4, -0.2) is 12.1 Å². The van der Waals surface area contributed by atoms with Gasteiger partial charge < -0.3 is 10.1 Å². The van der Waals surface area contributed by atoms with E-state index in [1.54, 1.807) is 0 Å². The summed E-state index contributed by atoms with van der Waals surface area (Å²) in [6.45, 7) is 7.53. The molecule has 3 heteroatoms. The maximum absolute atomic E-state index is 6.18. The smallest absolute Gasteiger partial charge is 0.120 e. The predicted molar refractivity (Wildman–Crippen MR) is 88.2 cm³/mol. The van der Waals surface area contributed by atoms with Gasteiger partial charge in [-0.05, 0) is 48.9 Å². The average molecular weight is 340 g/mol. The van der Waals surface area contributed by atoms with Crippen LogP contribution in [0.3, 0.4) is 0 Å². The zero-order valence-electron chi connectivity index (χ0n) is 12.8. The van der Waals surface area contributed by atoms with Crippen LogP contribution in [-0.2, 0) is 6.54 Å². The minimum absolute atomic E-state index is 0.394. The van der Waals surface area contributed by atoms with Crippen molar-refractivity contribution in [2.24, 2.45) is 5.92 Å². The molecular formula is C17H26BrNO. The third-order valence-electron chi connectivity index (χ3n) is 3.91. The molecule has 0 spiro atoms. The first-order valence-corrected chi connectivity index (χ1v) is 8.52. The Bertz CT molecular complexity index is 433. The lowest BCUT2D eigenvalue weighted by atomic mass is 9.89. The molecule has 2 nitrogen and oxygen atoms in total. The van der Waals surface area contributed by atoms with Gasteiger partial charge in [0.2, 0.25) is 0 Å². The molecular weight excluding hydrogens is 314 g/mol. The molecule has 1 fully saturated rings. The van der Waals surface area contributed by atoms with Crippen molar-refractivity contribution < 1.29 is 4.74 Å². The highest BCUT2D eigenvalue weighted by Gasteiger charge is 2.20. The Morgan fingerprint density at radius 3 is 2.85 bits per heavy atom. The molecule has 20 heavy (non-hydrogen) atoms. The summed E-state index contributed by atoms with van der Waals surface area (Å²) < 4.78 is 7.33. The van der Waals surface area contributed by atoms with E-state index in [-0.39, 0.29) is 0 Å². The van der Waals surface area contributed by atoms with E-state index < -0.39 is 0 Å². The van der Waals surface area contributed by atoms with Crippen molar-refractivity contribution in [1.82, 2.24) is 5.32 Å². The number of halogens is 1. The minimum atomic E-state index is 0.394. The summed E-state index contributed by atoms with van der Waals surface area (Å²) in [4.78, 5) is 0. The summed E-state index contributed by atoms with van der Waals surface area (Å²) in [5.41, 5.74) is 1.26. The fraction of sp³-hybridized carbons (Fsp3) is 0.647. The van der Waals surface area contributed by atoms with Crippen molar-refractivity contribution in [3.63, 3.8) is 0 Å². The van der Waals surface area contributed by atoms with Gasteiger partial charge in [0.25, 0.3) is 0 Å². The van der Waals surface area contributed by atoms with E-state index in [9.17, 15) is 0 Å². The normalized spacial score (nSPS) is 23.1. The van der Waals surface area contributed by atoms with Crippen molar-refractivity contribution in [2.45, 2.75) is 65.1 Å². The zero-order chi connectivity index (χ0) is 14.5. The quantitative estimate of drug-likeness (QED) is 0.823. The molecule has 1 aromatic rings. The summed E-state index contributed by atoms with van der Waals surface area (Å²) in [5, 5.41) is 3.45. The Labute approximate surface area is 131 Å². The summed E-state index contributed by atoms with van der Waals surface area (Å²) in [6.07, 6.45) is 5.43. The number of nitrogens with one attached hydrogen (secondary N) is 1. The second-order valence-corrected chi connectivity index (χ2v) is 7.15. The van der Waals surface area contributed by atoms with Crippen molar-refractivity contribution >= 4 is 15.9 Å². The van der Waals surface area contributed by atoms with Gasteiger partial charge in [-0.1, -0.05) is 43.1 Å². The number of hydrogen-bond donors (Lipinski definition) is 1. The summed E-state index contributed by atoms with van der Waals surface area (Å²) in [6, 6.07) is 6.82. The van der Waals surface area contributed by atoms with E-state index in [4.69, 9.17) is 4.74 Å². The van der Waals surface area contributed by atoms with Crippen LogP contribution in [0.4, 0.5) is 0 Å². The Balaban J connectivity index is 1.99. The van der Waals surface area contributed by atoms with Crippen molar-refractivity contribution in [2.75, 3.05) is 0 Å². The molecule has 2 rings (SSSR count). The van der Waals surface area contributed by atoms with Crippen LogP contribution in [0.15, 0.2) is 22.7 Å². The van der Waals surface area contributed by atoms with Crippen LogP contribution in [0.25, 0.3) is 0 Å². The van der Waals surface area contributed by atoms with Gasteiger partial charge in [0.05, 0.1) is 6.10 Å². The zero-order valence-corrected chi connectivity index (χ0v) is 14.4. The maximum atomic E-state index is 6.18. The molecule has 0 aromatic heterocycles. The Kier molecular flexibility index (Phi) is 5.91. The first-order valence-electron chi connectivity index (χ1n) is 7.73. The minimum Gasteiger partial charge on any atom is -0.490 e. The van der Waals surface area contributed by atoms with Crippen molar-refractivity contribution in [3.05, 3.63) is 28.2 Å². The first kappa shape index (κ1) is 15.8. The van der Waals surface area contributed by atoms with E-state index in [1.165, 1.54) is 31.2 Å². The highest BCUT2D eigenvalue weighted by atomic mass is 79.9. The Morgan fingerprint density at radius 2 is 2.15 bits per heavy atom. The van der Waals surface area contributed by atoms with Gasteiger partial charge >= 0.3 is 0 Å². The van der Waals surface area contributed by atoms with Gasteiger partial charge in [0.15, 0.2) is 0 Å². The van der Waals surface area contributed by atoms with E-state index in [0.29, 0.717) is 12.1 Å². The third kappa shape index (κ3) is 4.78. The SMILES string of the molecule is CC1CCCC(Oc2ccc(Br)c(CNC(C)C)c2)C1. The molecule has 1 saturated carbocycles. The van der Waals surface area contributed by atoms with Crippen LogP contribution in [0.1, 0.15) is 52.0 Å². The number of hydrogen-bond acceptors (Lipinski definition) is 2. The number of ether oxygens (including phenoxy) is 1. The molecule has 112 valence electrons. The Hall–Kier alpha value is -0.540. The largest absolute Gasteiger partial charge is 0.490 e. The second kappa shape index (κ2) is 7.46. The molecule has 0 radical (unpaired) electrons. The fourth-order valence-electron chi connectivity index (χ4n) is 2.75.